The molecule has 0 aliphatic heterocycles. The Morgan fingerprint density at radius 3 is 2.75 bits per heavy atom. The zero-order valence-electron chi connectivity index (χ0n) is 12.8. The molecular weight excluding hydrogens is 333 g/mol. The molecule has 122 valence electrons. The highest BCUT2D eigenvalue weighted by Gasteiger charge is 2.33. The number of nitrogens with one attached hydrogen (secondary N) is 1. The molecular formula is C16H12FN3O3S. The zero-order valence-corrected chi connectivity index (χ0v) is 13.6. The van der Waals surface area contributed by atoms with Gasteiger partial charge in [-0.25, -0.2) is 14.4 Å². The van der Waals surface area contributed by atoms with Crippen LogP contribution in [0, 0.1) is 5.82 Å². The molecule has 0 bridgehead atoms. The average Bonchev–Trinajstić information content (AvgIpc) is 2.61. The van der Waals surface area contributed by atoms with Crippen LogP contribution >= 0.6 is 11.8 Å². The third-order valence-electron chi connectivity index (χ3n) is 3.46. The molecule has 6 nitrogen and oxygen atoms in total. The van der Waals surface area contributed by atoms with Gasteiger partial charge in [-0.3, -0.25) is 9.59 Å². The SMILES string of the molecule is COc1cc(NC2=C(SC)C(=O)c3ncncc3C2=O)ccc1F. The molecule has 1 aliphatic carbocycles. The fourth-order valence-corrected chi connectivity index (χ4v) is 2.96. The molecule has 0 fully saturated rings. The van der Waals surface area contributed by atoms with Crippen LogP contribution in [0.4, 0.5) is 10.1 Å². The maximum atomic E-state index is 13.5. The highest BCUT2D eigenvalue weighted by atomic mass is 32.2. The van der Waals surface area contributed by atoms with Gasteiger partial charge in [-0.05, 0) is 18.4 Å². The molecule has 0 spiro atoms. The summed E-state index contributed by atoms with van der Waals surface area (Å²) in [7, 11) is 1.34. The lowest BCUT2D eigenvalue weighted by atomic mass is 9.98. The van der Waals surface area contributed by atoms with Crippen LogP contribution in [0.2, 0.25) is 0 Å². The maximum Gasteiger partial charge on any atom is 0.220 e. The Balaban J connectivity index is 2.05. The van der Waals surface area contributed by atoms with Crippen molar-refractivity contribution in [2.24, 2.45) is 0 Å². The van der Waals surface area contributed by atoms with Crippen molar-refractivity contribution in [3.63, 3.8) is 0 Å². The van der Waals surface area contributed by atoms with E-state index in [0.717, 1.165) is 11.8 Å². The maximum absolute atomic E-state index is 13.5. The molecule has 0 radical (unpaired) electrons. The molecule has 8 heteroatoms. The number of fused-ring (bicyclic) bond motifs is 1. The first-order chi connectivity index (χ1) is 11.6. The number of rotatable bonds is 4. The number of benzene rings is 1. The highest BCUT2D eigenvalue weighted by molar-refractivity contribution is 8.03. The summed E-state index contributed by atoms with van der Waals surface area (Å²) < 4.78 is 18.4. The van der Waals surface area contributed by atoms with E-state index in [0.29, 0.717) is 5.69 Å². The number of ether oxygens (including phenoxy) is 1. The lowest BCUT2D eigenvalue weighted by molar-refractivity contribution is 0.0978. The lowest BCUT2D eigenvalue weighted by Gasteiger charge is -2.20. The second kappa shape index (κ2) is 6.40. The van der Waals surface area contributed by atoms with Crippen molar-refractivity contribution in [1.82, 2.24) is 9.97 Å². The first-order valence-electron chi connectivity index (χ1n) is 6.85. The Labute approximate surface area is 141 Å². The van der Waals surface area contributed by atoms with E-state index in [1.54, 1.807) is 6.26 Å². The van der Waals surface area contributed by atoms with Crippen LogP contribution in [-0.4, -0.2) is 34.9 Å². The summed E-state index contributed by atoms with van der Waals surface area (Å²) >= 11 is 1.14. The van der Waals surface area contributed by atoms with Gasteiger partial charge in [-0.15, -0.1) is 11.8 Å². The molecule has 0 unspecified atom stereocenters. The van der Waals surface area contributed by atoms with Gasteiger partial charge in [0.05, 0.1) is 17.6 Å². The van der Waals surface area contributed by atoms with Crippen LogP contribution in [0.3, 0.4) is 0 Å². The number of anilines is 1. The van der Waals surface area contributed by atoms with Gasteiger partial charge in [0.1, 0.15) is 17.7 Å². The monoisotopic (exact) mass is 345 g/mol. The van der Waals surface area contributed by atoms with Gasteiger partial charge in [0.2, 0.25) is 11.6 Å². The zero-order chi connectivity index (χ0) is 17.3. The summed E-state index contributed by atoms with van der Waals surface area (Å²) in [5.41, 5.74) is 0.762. The minimum atomic E-state index is -0.521. The fraction of sp³-hybridized carbons (Fsp3) is 0.125. The molecule has 24 heavy (non-hydrogen) atoms. The second-order valence-corrected chi connectivity index (χ2v) is 5.64. The number of halogens is 1. The van der Waals surface area contributed by atoms with E-state index < -0.39 is 11.6 Å². The van der Waals surface area contributed by atoms with Crippen LogP contribution in [-0.2, 0) is 0 Å². The number of nitrogens with zero attached hydrogens (tertiary/aromatic N) is 2. The van der Waals surface area contributed by atoms with E-state index in [2.05, 4.69) is 15.3 Å². The minimum Gasteiger partial charge on any atom is -0.494 e. The number of methoxy groups -OCH3 is 1. The summed E-state index contributed by atoms with van der Waals surface area (Å²) in [5.74, 6) is -1.23. The first-order valence-corrected chi connectivity index (χ1v) is 8.07. The van der Waals surface area contributed by atoms with Crippen LogP contribution in [0.5, 0.6) is 5.75 Å². The van der Waals surface area contributed by atoms with Gasteiger partial charge in [0, 0.05) is 18.0 Å². The van der Waals surface area contributed by atoms with Gasteiger partial charge in [-0.1, -0.05) is 0 Å². The quantitative estimate of drug-likeness (QED) is 0.912. The molecule has 0 amide bonds. The van der Waals surface area contributed by atoms with E-state index in [4.69, 9.17) is 4.74 Å². The third kappa shape index (κ3) is 2.65. The first kappa shape index (κ1) is 16.1. The Morgan fingerprint density at radius 2 is 2.04 bits per heavy atom. The predicted molar refractivity (Wildman–Crippen MR) is 87.8 cm³/mol. The molecule has 0 atom stereocenters. The number of hydrogen-bond donors (Lipinski definition) is 1. The number of Topliss-reactive ketones (excluding diaryl/α,β-unsaturated/α-hetero) is 2. The molecule has 1 heterocycles. The number of carbonyl (C=O) groups excluding carboxylic acids is 2. The normalized spacial score (nSPS) is 13.8. The molecule has 1 aromatic carbocycles. The molecule has 1 aliphatic rings. The van der Waals surface area contributed by atoms with Crippen LogP contribution in [0.25, 0.3) is 0 Å². The average molecular weight is 345 g/mol. The fourth-order valence-electron chi connectivity index (χ4n) is 2.33. The van der Waals surface area contributed by atoms with Crippen molar-refractivity contribution in [3.8, 4) is 5.75 Å². The van der Waals surface area contributed by atoms with Crippen molar-refractivity contribution >= 4 is 29.0 Å². The van der Waals surface area contributed by atoms with E-state index in [1.165, 1.54) is 37.8 Å². The van der Waals surface area contributed by atoms with E-state index >= 15 is 0 Å². The molecule has 0 saturated carbocycles. The van der Waals surface area contributed by atoms with Crippen molar-refractivity contribution in [2.45, 2.75) is 0 Å². The predicted octanol–water partition coefficient (Wildman–Crippen LogP) is 2.69. The van der Waals surface area contributed by atoms with Gasteiger partial charge >= 0.3 is 0 Å². The minimum absolute atomic E-state index is 0.0321. The topological polar surface area (TPSA) is 81.2 Å². The summed E-state index contributed by atoms with van der Waals surface area (Å²) in [6, 6.07) is 4.08. The van der Waals surface area contributed by atoms with E-state index in [9.17, 15) is 14.0 Å². The van der Waals surface area contributed by atoms with Crippen molar-refractivity contribution < 1.29 is 18.7 Å². The van der Waals surface area contributed by atoms with Gasteiger partial charge in [-0.2, -0.15) is 0 Å². The molecule has 1 N–H and O–H groups in total. The molecule has 2 aromatic rings. The largest absolute Gasteiger partial charge is 0.494 e. The van der Waals surface area contributed by atoms with E-state index in [1.807, 2.05) is 0 Å². The number of carbonyl (C=O) groups is 2. The Bertz CT molecular complexity index is 883. The standard InChI is InChI=1S/C16H12FN3O3S/c1-23-11-5-8(3-4-10(11)17)20-13-14(21)9-6-18-7-19-12(9)15(22)16(13)24-2/h3-7,20H,1-2H3. The van der Waals surface area contributed by atoms with Gasteiger partial charge in [0.25, 0.3) is 0 Å². The highest BCUT2D eigenvalue weighted by Crippen LogP contribution is 2.32. The number of thioether (sulfide) groups is 1. The molecule has 3 rings (SSSR count). The molecule has 1 aromatic heterocycles. The van der Waals surface area contributed by atoms with Crippen molar-refractivity contribution in [1.29, 1.82) is 0 Å². The summed E-state index contributed by atoms with van der Waals surface area (Å²) in [6.07, 6.45) is 4.23. The Kier molecular flexibility index (Phi) is 4.30. The Morgan fingerprint density at radius 1 is 1.25 bits per heavy atom. The summed E-state index contributed by atoms with van der Waals surface area (Å²) in [6.45, 7) is 0. The smallest absolute Gasteiger partial charge is 0.220 e. The lowest BCUT2D eigenvalue weighted by Crippen LogP contribution is -2.26. The van der Waals surface area contributed by atoms with Crippen molar-refractivity contribution in [2.75, 3.05) is 18.7 Å². The third-order valence-corrected chi connectivity index (χ3v) is 4.25. The second-order valence-electron chi connectivity index (χ2n) is 4.83. The number of allylic oxidation sites excluding steroid dienone is 2. The van der Waals surface area contributed by atoms with E-state index in [-0.39, 0.29) is 33.4 Å². The summed E-state index contributed by atoms with van der Waals surface area (Å²) in [5, 5.41) is 2.89. The van der Waals surface area contributed by atoms with Gasteiger partial charge in [0.15, 0.2) is 11.6 Å². The van der Waals surface area contributed by atoms with Crippen LogP contribution in [0.15, 0.2) is 41.3 Å². The van der Waals surface area contributed by atoms with Crippen molar-refractivity contribution in [3.05, 3.63) is 58.4 Å². The van der Waals surface area contributed by atoms with Crippen LogP contribution < -0.4 is 10.1 Å². The molecule has 0 saturated heterocycles. The number of hydrogen-bond acceptors (Lipinski definition) is 7. The Hall–Kier alpha value is -2.74. The summed E-state index contributed by atoms with van der Waals surface area (Å²) in [4.78, 5) is 33.2. The number of ketones is 2. The van der Waals surface area contributed by atoms with Crippen LogP contribution in [0.1, 0.15) is 20.8 Å². The van der Waals surface area contributed by atoms with Gasteiger partial charge < -0.3 is 10.1 Å². The number of aromatic nitrogens is 2.